The molecule has 0 amide bonds. The summed E-state index contributed by atoms with van der Waals surface area (Å²) >= 11 is 0. The van der Waals surface area contributed by atoms with Crippen LogP contribution in [0.15, 0.2) is 17.2 Å². The maximum absolute atomic E-state index is 12.4. The lowest BCUT2D eigenvalue weighted by Crippen LogP contribution is -2.36. The highest BCUT2D eigenvalue weighted by molar-refractivity contribution is 5.12. The fraction of sp³-hybridized carbons (Fsp3) is 0.714. The van der Waals surface area contributed by atoms with Gasteiger partial charge >= 0.3 is 0 Å². The van der Waals surface area contributed by atoms with Crippen molar-refractivity contribution in [1.82, 2.24) is 29.2 Å². The van der Waals surface area contributed by atoms with Gasteiger partial charge in [-0.15, -0.1) is 10.2 Å². The predicted molar refractivity (Wildman–Crippen MR) is 106 cm³/mol. The van der Waals surface area contributed by atoms with Crippen molar-refractivity contribution in [3.63, 3.8) is 0 Å². The normalized spacial score (nSPS) is 21.4. The minimum Gasteiger partial charge on any atom is -0.314 e. The summed E-state index contributed by atoms with van der Waals surface area (Å²) in [5.74, 6) is 3.39. The molecular weight excluding hydrogens is 352 g/mol. The van der Waals surface area contributed by atoms with Gasteiger partial charge in [0, 0.05) is 31.5 Å². The maximum Gasteiger partial charge on any atom is 0.253 e. The van der Waals surface area contributed by atoms with Crippen LogP contribution in [0.1, 0.15) is 68.2 Å². The van der Waals surface area contributed by atoms with Gasteiger partial charge < -0.3 is 4.57 Å². The van der Waals surface area contributed by atoms with Crippen molar-refractivity contribution >= 4 is 0 Å². The lowest BCUT2D eigenvalue weighted by molar-refractivity contribution is 0.161. The molecule has 1 aliphatic carbocycles. The van der Waals surface area contributed by atoms with Crippen LogP contribution in [-0.2, 0) is 26.1 Å². The van der Waals surface area contributed by atoms with Gasteiger partial charge in [-0.3, -0.25) is 14.3 Å². The minimum absolute atomic E-state index is 0.116. The third-order valence-electron chi connectivity index (χ3n) is 6.61. The van der Waals surface area contributed by atoms with E-state index in [9.17, 15) is 4.79 Å². The summed E-state index contributed by atoms with van der Waals surface area (Å²) in [6.07, 6.45) is 11.2. The van der Waals surface area contributed by atoms with Gasteiger partial charge in [0.2, 0.25) is 0 Å². The third-order valence-corrected chi connectivity index (χ3v) is 6.61. The molecule has 5 rings (SSSR count). The summed E-state index contributed by atoms with van der Waals surface area (Å²) in [6.45, 7) is 4.90. The van der Waals surface area contributed by atoms with Crippen molar-refractivity contribution < 1.29 is 0 Å². The van der Waals surface area contributed by atoms with Gasteiger partial charge in [-0.25, -0.2) is 4.98 Å². The fourth-order valence-corrected chi connectivity index (χ4v) is 4.65. The summed E-state index contributed by atoms with van der Waals surface area (Å²) < 4.78 is 4.16. The van der Waals surface area contributed by atoms with E-state index in [1.807, 2.05) is 4.57 Å². The van der Waals surface area contributed by atoms with Crippen LogP contribution in [0, 0.1) is 5.92 Å². The predicted octanol–water partition coefficient (Wildman–Crippen LogP) is 2.35. The van der Waals surface area contributed by atoms with Gasteiger partial charge in [0.1, 0.15) is 11.6 Å². The van der Waals surface area contributed by atoms with Crippen LogP contribution in [-0.4, -0.2) is 42.3 Å². The summed E-state index contributed by atoms with van der Waals surface area (Å²) in [5, 5.41) is 8.90. The number of rotatable bonds is 5. The minimum atomic E-state index is 0.116. The second kappa shape index (κ2) is 7.78. The first kappa shape index (κ1) is 18.0. The Hall–Kier alpha value is -2.02. The molecule has 2 aromatic heterocycles. The highest BCUT2D eigenvalue weighted by atomic mass is 16.1. The van der Waals surface area contributed by atoms with Crippen molar-refractivity contribution in [3.05, 3.63) is 40.1 Å². The van der Waals surface area contributed by atoms with E-state index in [-0.39, 0.29) is 5.56 Å². The molecule has 2 aromatic rings. The van der Waals surface area contributed by atoms with Crippen molar-refractivity contribution in [2.24, 2.45) is 5.92 Å². The zero-order valence-electron chi connectivity index (χ0n) is 16.6. The molecule has 7 nitrogen and oxygen atoms in total. The Bertz CT molecular complexity index is 875. The van der Waals surface area contributed by atoms with Crippen molar-refractivity contribution in [2.75, 3.05) is 13.1 Å². The zero-order chi connectivity index (χ0) is 18.9. The molecule has 0 bridgehead atoms. The molecule has 0 atom stereocenters. The van der Waals surface area contributed by atoms with Gasteiger partial charge in [-0.05, 0) is 57.5 Å². The van der Waals surface area contributed by atoms with Crippen LogP contribution in [0.25, 0.3) is 0 Å². The van der Waals surface area contributed by atoms with Crippen LogP contribution in [0.3, 0.4) is 0 Å². The highest BCUT2D eigenvalue weighted by Crippen LogP contribution is 2.38. The number of hydrogen-bond acceptors (Lipinski definition) is 5. The summed E-state index contributed by atoms with van der Waals surface area (Å²) in [7, 11) is 0. The Morgan fingerprint density at radius 2 is 1.86 bits per heavy atom. The third kappa shape index (κ3) is 3.90. The second-order valence-corrected chi connectivity index (χ2v) is 8.79. The van der Waals surface area contributed by atoms with Gasteiger partial charge in [0.05, 0.1) is 18.6 Å². The van der Waals surface area contributed by atoms with Crippen LogP contribution in [0.2, 0.25) is 0 Å². The Labute approximate surface area is 165 Å². The lowest BCUT2D eigenvalue weighted by atomic mass is 9.96. The molecule has 150 valence electrons. The van der Waals surface area contributed by atoms with E-state index in [1.165, 1.54) is 37.9 Å². The smallest absolute Gasteiger partial charge is 0.253 e. The van der Waals surface area contributed by atoms with E-state index in [0.717, 1.165) is 63.5 Å². The van der Waals surface area contributed by atoms with Crippen LogP contribution >= 0.6 is 0 Å². The molecule has 1 saturated heterocycles. The van der Waals surface area contributed by atoms with Gasteiger partial charge in [0.25, 0.3) is 5.56 Å². The van der Waals surface area contributed by atoms with Crippen LogP contribution < -0.4 is 5.56 Å². The zero-order valence-corrected chi connectivity index (χ0v) is 16.6. The van der Waals surface area contributed by atoms with Crippen LogP contribution in [0.4, 0.5) is 0 Å². The number of aryl methyl sites for hydroxylation is 1. The van der Waals surface area contributed by atoms with E-state index in [4.69, 9.17) is 0 Å². The highest BCUT2D eigenvalue weighted by Gasteiger charge is 2.26. The Morgan fingerprint density at radius 3 is 2.64 bits per heavy atom. The van der Waals surface area contributed by atoms with Gasteiger partial charge in [-0.2, -0.15) is 0 Å². The largest absolute Gasteiger partial charge is 0.314 e. The van der Waals surface area contributed by atoms with E-state index >= 15 is 0 Å². The summed E-state index contributed by atoms with van der Waals surface area (Å²) in [5.41, 5.74) is 1.11. The molecule has 0 unspecified atom stereocenters. The molecule has 0 N–H and O–H groups in total. The van der Waals surface area contributed by atoms with E-state index in [2.05, 4.69) is 24.6 Å². The van der Waals surface area contributed by atoms with Crippen molar-refractivity contribution in [1.29, 1.82) is 0 Å². The molecule has 1 saturated carbocycles. The number of piperidine rings is 1. The summed E-state index contributed by atoms with van der Waals surface area (Å²) in [6, 6.07) is 1.75. The van der Waals surface area contributed by atoms with E-state index < -0.39 is 0 Å². The van der Waals surface area contributed by atoms with Gasteiger partial charge in [-0.1, -0.05) is 6.42 Å². The quantitative estimate of drug-likeness (QED) is 0.794. The standard InChI is InChI=1S/C21H30N6O/c28-21-12-18(17-5-6-17)22-15-26(21)13-16-7-10-25(11-8-16)14-20-24-23-19-4-2-1-3-9-27(19)20/h12,15-17H,1-11,13-14H2. The average Bonchev–Trinajstić information content (AvgIpc) is 3.52. The SMILES string of the molecule is O=c1cc(C2CC2)ncn1CC1CCN(Cc2nnc3n2CCCCC3)CC1. The van der Waals surface area contributed by atoms with Crippen molar-refractivity contribution in [2.45, 2.75) is 76.9 Å². The Balaban J connectivity index is 1.16. The van der Waals surface area contributed by atoms with Crippen LogP contribution in [0.5, 0.6) is 0 Å². The second-order valence-electron chi connectivity index (χ2n) is 8.79. The number of nitrogens with zero attached hydrogens (tertiary/aromatic N) is 6. The molecule has 2 fully saturated rings. The number of hydrogen-bond donors (Lipinski definition) is 0. The van der Waals surface area contributed by atoms with E-state index in [1.54, 1.807) is 12.4 Å². The molecule has 28 heavy (non-hydrogen) atoms. The van der Waals surface area contributed by atoms with E-state index in [0.29, 0.717) is 11.8 Å². The van der Waals surface area contributed by atoms with Gasteiger partial charge in [0.15, 0.2) is 0 Å². The monoisotopic (exact) mass is 382 g/mol. The lowest BCUT2D eigenvalue weighted by Gasteiger charge is -2.31. The summed E-state index contributed by atoms with van der Waals surface area (Å²) in [4.78, 5) is 19.4. The fourth-order valence-electron chi connectivity index (χ4n) is 4.65. The average molecular weight is 383 g/mol. The Morgan fingerprint density at radius 1 is 1.00 bits per heavy atom. The first-order valence-corrected chi connectivity index (χ1v) is 11.0. The molecule has 0 spiro atoms. The number of likely N-dealkylation sites (tertiary alicyclic amines) is 1. The maximum atomic E-state index is 12.4. The first-order chi connectivity index (χ1) is 13.8. The molecule has 3 aliphatic rings. The van der Waals surface area contributed by atoms with Crippen molar-refractivity contribution in [3.8, 4) is 0 Å². The molecule has 2 aliphatic heterocycles. The molecule has 0 radical (unpaired) electrons. The molecule has 4 heterocycles. The topological polar surface area (TPSA) is 68.8 Å². The number of fused-ring (bicyclic) bond motifs is 1. The first-order valence-electron chi connectivity index (χ1n) is 11.0. The molecule has 0 aromatic carbocycles. The molecular formula is C21H30N6O. The Kier molecular flexibility index (Phi) is 5.01. The molecule has 7 heteroatoms. The number of aromatic nitrogens is 5.